The van der Waals surface area contributed by atoms with Crippen LogP contribution in [0, 0.1) is 12.7 Å². The van der Waals surface area contributed by atoms with E-state index >= 15 is 0 Å². The van der Waals surface area contributed by atoms with Gasteiger partial charge in [0.1, 0.15) is 12.4 Å². The fourth-order valence-electron chi connectivity index (χ4n) is 1.10. The molecule has 0 fully saturated rings. The summed E-state index contributed by atoms with van der Waals surface area (Å²) in [6, 6.07) is 3.70. The van der Waals surface area contributed by atoms with Gasteiger partial charge in [0.25, 0.3) is 11.8 Å². The third kappa shape index (κ3) is 3.74. The fourth-order valence-corrected chi connectivity index (χ4v) is 1.10. The Bertz CT molecular complexity index is 421. The van der Waals surface area contributed by atoms with Gasteiger partial charge in [-0.15, -0.1) is 0 Å². The lowest BCUT2D eigenvalue weighted by Gasteiger charge is -2.14. The van der Waals surface area contributed by atoms with Gasteiger partial charge in [0, 0.05) is 5.56 Å². The summed E-state index contributed by atoms with van der Waals surface area (Å²) in [4.78, 5) is 11.4. The van der Waals surface area contributed by atoms with Gasteiger partial charge in [-0.1, -0.05) is 6.07 Å². The van der Waals surface area contributed by atoms with Crippen LogP contribution in [0.1, 0.15) is 15.9 Å². The molecule has 0 aromatic heterocycles. The molecule has 0 radical (unpaired) electrons. The zero-order valence-electron chi connectivity index (χ0n) is 9.14. The minimum atomic E-state index is -3.38. The van der Waals surface area contributed by atoms with Crippen molar-refractivity contribution in [2.24, 2.45) is 0 Å². The highest BCUT2D eigenvalue weighted by Crippen LogP contribution is 2.12. The smallest absolute Gasteiger partial charge is 0.287 e. The Labute approximate surface area is 96.3 Å². The second kappa shape index (κ2) is 5.18. The Balaban J connectivity index is 2.68. The number of halogens is 3. The lowest BCUT2D eigenvalue weighted by Crippen LogP contribution is -2.39. The fraction of sp³-hybridized carbons (Fsp3) is 0.364. The number of aliphatic hydroxyl groups is 1. The van der Waals surface area contributed by atoms with Crippen molar-refractivity contribution in [3.63, 3.8) is 0 Å². The van der Waals surface area contributed by atoms with Crippen molar-refractivity contribution in [3.05, 3.63) is 35.1 Å². The van der Waals surface area contributed by atoms with Crippen LogP contribution in [0.15, 0.2) is 18.2 Å². The van der Waals surface area contributed by atoms with E-state index in [1.54, 1.807) is 0 Å². The van der Waals surface area contributed by atoms with E-state index in [-0.39, 0.29) is 5.56 Å². The Kier molecular flexibility index (Phi) is 4.11. The molecule has 0 aliphatic rings. The highest BCUT2D eigenvalue weighted by atomic mass is 19.3. The van der Waals surface area contributed by atoms with Gasteiger partial charge in [-0.25, -0.2) is 13.2 Å². The van der Waals surface area contributed by atoms with Crippen molar-refractivity contribution >= 4 is 5.91 Å². The zero-order valence-corrected chi connectivity index (χ0v) is 9.14. The second-order valence-electron chi connectivity index (χ2n) is 3.66. The number of nitrogens with one attached hydrogen (secondary N) is 1. The molecule has 1 amide bonds. The van der Waals surface area contributed by atoms with E-state index in [9.17, 15) is 18.0 Å². The Morgan fingerprint density at radius 1 is 1.47 bits per heavy atom. The Morgan fingerprint density at radius 3 is 2.65 bits per heavy atom. The third-order valence-electron chi connectivity index (χ3n) is 2.17. The number of alkyl halides is 2. The maximum atomic E-state index is 13.1. The van der Waals surface area contributed by atoms with Crippen molar-refractivity contribution < 1.29 is 23.1 Å². The molecule has 2 N–H and O–H groups in total. The van der Waals surface area contributed by atoms with Crippen LogP contribution < -0.4 is 5.32 Å². The first kappa shape index (κ1) is 13.5. The van der Waals surface area contributed by atoms with Crippen LogP contribution in [0.2, 0.25) is 0 Å². The molecule has 6 heteroatoms. The van der Waals surface area contributed by atoms with Crippen LogP contribution in [0.3, 0.4) is 0 Å². The molecule has 0 aliphatic carbocycles. The van der Waals surface area contributed by atoms with Crippen molar-refractivity contribution in [3.8, 4) is 0 Å². The van der Waals surface area contributed by atoms with Crippen LogP contribution in [-0.2, 0) is 0 Å². The molecule has 0 heterocycles. The molecule has 0 atom stereocenters. The highest BCUT2D eigenvalue weighted by Gasteiger charge is 2.28. The van der Waals surface area contributed by atoms with Crippen molar-refractivity contribution in [2.75, 3.05) is 13.2 Å². The number of aliphatic hydroxyl groups excluding tert-OH is 1. The molecule has 3 nitrogen and oxygen atoms in total. The summed E-state index contributed by atoms with van der Waals surface area (Å²) in [5.41, 5.74) is 0.323. The number of carbonyl (C=O) groups is 1. The van der Waals surface area contributed by atoms with Crippen LogP contribution in [-0.4, -0.2) is 30.1 Å². The minimum Gasteiger partial charge on any atom is -0.390 e. The molecule has 0 spiro atoms. The second-order valence-corrected chi connectivity index (χ2v) is 3.66. The molecule has 0 aliphatic heterocycles. The van der Waals surface area contributed by atoms with Crippen LogP contribution in [0.4, 0.5) is 13.2 Å². The summed E-state index contributed by atoms with van der Waals surface area (Å²) in [5.74, 6) is -4.76. The molecule has 94 valence electrons. The van der Waals surface area contributed by atoms with Gasteiger partial charge in [0.2, 0.25) is 0 Å². The number of carbonyl (C=O) groups excluding carboxylic acids is 1. The number of benzene rings is 1. The minimum absolute atomic E-state index is 0.0400. The molecule has 1 aromatic rings. The van der Waals surface area contributed by atoms with Gasteiger partial charge in [0.05, 0.1) is 6.54 Å². The van der Waals surface area contributed by atoms with Crippen LogP contribution >= 0.6 is 0 Å². The number of rotatable bonds is 4. The Hall–Kier alpha value is -1.56. The number of hydrogen-bond acceptors (Lipinski definition) is 2. The molecule has 0 bridgehead atoms. The van der Waals surface area contributed by atoms with E-state index < -0.39 is 30.8 Å². The van der Waals surface area contributed by atoms with Crippen LogP contribution in [0.5, 0.6) is 0 Å². The summed E-state index contributed by atoms with van der Waals surface area (Å²) in [6.07, 6.45) is 0. The Morgan fingerprint density at radius 2 is 2.12 bits per heavy atom. The van der Waals surface area contributed by atoms with Crippen molar-refractivity contribution in [2.45, 2.75) is 12.8 Å². The average molecular weight is 247 g/mol. The molecule has 1 rings (SSSR count). The molecule has 0 saturated heterocycles. The predicted molar refractivity (Wildman–Crippen MR) is 55.5 cm³/mol. The standard InChI is InChI=1S/C11H12F3NO2/c1-7-2-3-8(4-9(7)12)10(17)15-5-11(13,14)6-16/h2-4,16H,5-6H2,1H3,(H,15,17). The molecule has 17 heavy (non-hydrogen) atoms. The molecule has 0 saturated carbocycles. The summed E-state index contributed by atoms with van der Waals surface area (Å²) in [5, 5.41) is 10.2. The monoisotopic (exact) mass is 247 g/mol. The average Bonchev–Trinajstić information content (AvgIpc) is 2.30. The van der Waals surface area contributed by atoms with Crippen molar-refractivity contribution in [1.29, 1.82) is 0 Å². The van der Waals surface area contributed by atoms with Gasteiger partial charge >= 0.3 is 0 Å². The van der Waals surface area contributed by atoms with E-state index in [0.29, 0.717) is 5.56 Å². The van der Waals surface area contributed by atoms with E-state index in [1.165, 1.54) is 19.1 Å². The molecular weight excluding hydrogens is 235 g/mol. The number of aryl methyl sites for hydroxylation is 1. The zero-order chi connectivity index (χ0) is 13.1. The quantitative estimate of drug-likeness (QED) is 0.847. The normalized spacial score (nSPS) is 11.4. The molecule has 0 unspecified atom stereocenters. The van der Waals surface area contributed by atoms with Gasteiger partial charge in [-0.05, 0) is 24.6 Å². The maximum absolute atomic E-state index is 13.1. The van der Waals surface area contributed by atoms with Gasteiger partial charge in [-0.2, -0.15) is 0 Å². The lowest BCUT2D eigenvalue weighted by atomic mass is 10.1. The first-order chi connectivity index (χ1) is 7.85. The summed E-state index contributed by atoms with van der Waals surface area (Å²) >= 11 is 0. The highest BCUT2D eigenvalue weighted by molar-refractivity contribution is 5.94. The van der Waals surface area contributed by atoms with Crippen molar-refractivity contribution in [1.82, 2.24) is 5.32 Å². The molecular formula is C11H12F3NO2. The van der Waals surface area contributed by atoms with Gasteiger partial charge in [0.15, 0.2) is 0 Å². The van der Waals surface area contributed by atoms with E-state index in [0.717, 1.165) is 6.07 Å². The van der Waals surface area contributed by atoms with Crippen LogP contribution in [0.25, 0.3) is 0 Å². The molecule has 1 aromatic carbocycles. The summed E-state index contributed by atoms with van der Waals surface area (Å²) < 4.78 is 38.4. The number of hydrogen-bond donors (Lipinski definition) is 2. The number of amides is 1. The third-order valence-corrected chi connectivity index (χ3v) is 2.17. The summed E-state index contributed by atoms with van der Waals surface area (Å²) in [6.45, 7) is -0.815. The van der Waals surface area contributed by atoms with E-state index in [1.807, 2.05) is 5.32 Å². The topological polar surface area (TPSA) is 49.3 Å². The lowest BCUT2D eigenvalue weighted by molar-refractivity contribution is -0.0462. The van der Waals surface area contributed by atoms with Gasteiger partial charge in [-0.3, -0.25) is 4.79 Å². The van der Waals surface area contributed by atoms with E-state index in [2.05, 4.69) is 0 Å². The van der Waals surface area contributed by atoms with E-state index in [4.69, 9.17) is 5.11 Å². The summed E-state index contributed by atoms with van der Waals surface area (Å²) in [7, 11) is 0. The predicted octanol–water partition coefficient (Wildman–Crippen LogP) is 1.49. The maximum Gasteiger partial charge on any atom is 0.287 e. The first-order valence-corrected chi connectivity index (χ1v) is 4.89. The SMILES string of the molecule is Cc1ccc(C(=O)NCC(F)(F)CO)cc1F. The van der Waals surface area contributed by atoms with Gasteiger partial charge < -0.3 is 10.4 Å². The first-order valence-electron chi connectivity index (χ1n) is 4.89. The largest absolute Gasteiger partial charge is 0.390 e.